The number of para-hydroxylation sites is 1. The van der Waals surface area contributed by atoms with Gasteiger partial charge < -0.3 is 30.5 Å². The molecular weight excluding hydrogens is 536 g/mol. The quantitative estimate of drug-likeness (QED) is 0.178. The standard InChI is InChI=1S/C20H24ClFN7O7P/c1-10(17(31)32)28-37(33,36-11-6-4-3-5-7-11)34-8-12-14(30)20(21,22)18(35-12)29-9-25-13-15(24-2)26-19(23)27-16(13)29/h3-7,9-10,12,14,18,30H,8H2,1-2H3,(H,28,33)(H,31,32)(H3,23,24,26,27)/t10?,12-,14-,18?,20+,37+/m1/s1. The molecule has 4 rings (SSSR count). The summed E-state index contributed by atoms with van der Waals surface area (Å²) in [4.78, 5) is 23.5. The van der Waals surface area contributed by atoms with E-state index in [4.69, 9.17) is 31.1 Å². The van der Waals surface area contributed by atoms with Crippen LogP contribution in [-0.4, -0.2) is 72.7 Å². The maximum atomic E-state index is 15.6. The molecule has 14 nitrogen and oxygen atoms in total. The summed E-state index contributed by atoms with van der Waals surface area (Å²) in [6.45, 7) is 0.539. The van der Waals surface area contributed by atoms with Gasteiger partial charge in [-0.25, -0.2) is 13.9 Å². The molecule has 200 valence electrons. The average Bonchev–Trinajstić information content (AvgIpc) is 3.35. The van der Waals surface area contributed by atoms with Gasteiger partial charge in [0.2, 0.25) is 5.95 Å². The Balaban J connectivity index is 1.58. The van der Waals surface area contributed by atoms with Crippen molar-refractivity contribution in [3.05, 3.63) is 36.7 Å². The van der Waals surface area contributed by atoms with E-state index in [0.29, 0.717) is 0 Å². The lowest BCUT2D eigenvalue weighted by Crippen LogP contribution is -2.39. The molecule has 0 spiro atoms. The first-order valence-corrected chi connectivity index (χ1v) is 12.8. The third kappa shape index (κ3) is 5.46. The first kappa shape index (κ1) is 27.0. The van der Waals surface area contributed by atoms with Crippen LogP contribution in [0.15, 0.2) is 36.7 Å². The van der Waals surface area contributed by atoms with Crippen LogP contribution >= 0.6 is 19.3 Å². The third-order valence-corrected chi connectivity index (χ3v) is 7.46. The SMILES string of the molecule is CNc1nc(N)nc2c1ncn2C1O[C@H](CO[P@@](=O)(NC(C)C(=O)O)Oc2ccccc2)[C@@H](O)[C@@]1(F)Cl. The van der Waals surface area contributed by atoms with Gasteiger partial charge in [-0.05, 0) is 19.1 Å². The van der Waals surface area contributed by atoms with Crippen molar-refractivity contribution in [3.8, 4) is 5.75 Å². The number of fused-ring (bicyclic) bond motifs is 1. The number of aliphatic hydroxyl groups is 1. The van der Waals surface area contributed by atoms with Gasteiger partial charge in [0, 0.05) is 7.05 Å². The van der Waals surface area contributed by atoms with Crippen LogP contribution in [-0.2, 0) is 18.6 Å². The zero-order valence-electron chi connectivity index (χ0n) is 19.5. The summed E-state index contributed by atoms with van der Waals surface area (Å²) in [5, 5.41) is 22.0. The number of hydrogen-bond donors (Lipinski definition) is 5. The fourth-order valence-corrected chi connectivity index (χ4v) is 5.36. The number of nitrogens with zero attached hydrogens (tertiary/aromatic N) is 4. The summed E-state index contributed by atoms with van der Waals surface area (Å²) in [6, 6.07) is 6.50. The number of nitrogen functional groups attached to an aromatic ring is 1. The molecule has 6 atom stereocenters. The molecule has 17 heteroatoms. The van der Waals surface area contributed by atoms with Crippen molar-refractivity contribution in [2.24, 2.45) is 0 Å². The van der Waals surface area contributed by atoms with Gasteiger partial charge in [-0.3, -0.25) is 13.9 Å². The molecule has 0 amide bonds. The second-order valence-electron chi connectivity index (χ2n) is 8.04. The number of nitrogens with two attached hydrogens (primary N) is 1. The zero-order valence-corrected chi connectivity index (χ0v) is 21.1. The van der Waals surface area contributed by atoms with Crippen molar-refractivity contribution < 1.29 is 37.7 Å². The summed E-state index contributed by atoms with van der Waals surface area (Å²) in [5.41, 5.74) is 6.06. The normalized spacial score (nSPS) is 26.0. The number of nitrogens with one attached hydrogen (secondary N) is 2. The van der Waals surface area contributed by atoms with E-state index in [9.17, 15) is 19.6 Å². The van der Waals surface area contributed by atoms with Crippen molar-refractivity contribution in [1.82, 2.24) is 24.6 Å². The molecule has 0 aliphatic carbocycles. The minimum Gasteiger partial charge on any atom is -0.480 e. The molecule has 0 saturated carbocycles. The van der Waals surface area contributed by atoms with Crippen LogP contribution in [0.25, 0.3) is 11.2 Å². The van der Waals surface area contributed by atoms with E-state index < -0.39 is 49.9 Å². The molecule has 1 aliphatic rings. The van der Waals surface area contributed by atoms with Crippen molar-refractivity contribution in [2.75, 3.05) is 24.7 Å². The number of hydrogen-bond acceptors (Lipinski definition) is 11. The molecule has 0 radical (unpaired) electrons. The largest absolute Gasteiger partial charge is 0.480 e. The van der Waals surface area contributed by atoms with Crippen LogP contribution in [0.3, 0.4) is 0 Å². The van der Waals surface area contributed by atoms with E-state index in [0.717, 1.165) is 4.57 Å². The van der Waals surface area contributed by atoms with Gasteiger partial charge in [0.25, 0.3) is 5.13 Å². The summed E-state index contributed by atoms with van der Waals surface area (Å²) >= 11 is 6.06. The topological polar surface area (TPSA) is 196 Å². The molecule has 2 aromatic heterocycles. The smallest absolute Gasteiger partial charge is 0.459 e. The number of aromatic nitrogens is 4. The lowest BCUT2D eigenvalue weighted by molar-refractivity contribution is -0.138. The highest BCUT2D eigenvalue weighted by atomic mass is 35.5. The van der Waals surface area contributed by atoms with Gasteiger partial charge in [-0.1, -0.05) is 29.8 Å². The monoisotopic (exact) mass is 559 g/mol. The van der Waals surface area contributed by atoms with Gasteiger partial charge >= 0.3 is 13.7 Å². The van der Waals surface area contributed by atoms with Crippen molar-refractivity contribution in [1.29, 1.82) is 0 Å². The molecule has 2 unspecified atom stereocenters. The molecule has 3 aromatic rings. The van der Waals surface area contributed by atoms with E-state index in [-0.39, 0.29) is 28.7 Å². The molecule has 1 fully saturated rings. The number of aliphatic carboxylic acids is 1. The molecular formula is C20H24ClFN7O7P. The lowest BCUT2D eigenvalue weighted by atomic mass is 10.1. The molecule has 1 saturated heterocycles. The first-order chi connectivity index (χ1) is 17.4. The van der Waals surface area contributed by atoms with E-state index in [1.54, 1.807) is 25.2 Å². The number of alkyl halides is 2. The van der Waals surface area contributed by atoms with E-state index >= 15 is 4.39 Å². The Morgan fingerprint density at radius 2 is 2.11 bits per heavy atom. The number of ether oxygens (including phenoxy) is 1. The number of halogens is 2. The minimum atomic E-state index is -4.36. The summed E-state index contributed by atoms with van der Waals surface area (Å²) in [5.74, 6) is -1.07. The van der Waals surface area contributed by atoms with E-state index in [2.05, 4.69) is 25.4 Å². The first-order valence-electron chi connectivity index (χ1n) is 10.8. The lowest BCUT2D eigenvalue weighted by Gasteiger charge is -2.24. The Hall–Kier alpha value is -3.07. The highest BCUT2D eigenvalue weighted by Crippen LogP contribution is 2.49. The highest BCUT2D eigenvalue weighted by Gasteiger charge is 2.58. The molecule has 1 aliphatic heterocycles. The number of anilines is 2. The van der Waals surface area contributed by atoms with E-state index in [1.165, 1.54) is 25.4 Å². The number of benzene rings is 1. The predicted octanol–water partition coefficient (Wildman–Crippen LogP) is 1.88. The maximum Gasteiger partial charge on any atom is 0.459 e. The van der Waals surface area contributed by atoms with Crippen LogP contribution < -0.4 is 20.7 Å². The molecule has 1 aromatic carbocycles. The highest BCUT2D eigenvalue weighted by molar-refractivity contribution is 7.52. The number of carbonyl (C=O) groups is 1. The zero-order chi connectivity index (χ0) is 27.0. The van der Waals surface area contributed by atoms with Crippen LogP contribution in [0, 0.1) is 0 Å². The summed E-state index contributed by atoms with van der Waals surface area (Å²) in [7, 11) is -2.78. The number of rotatable bonds is 10. The predicted molar refractivity (Wildman–Crippen MR) is 130 cm³/mol. The van der Waals surface area contributed by atoms with Gasteiger partial charge in [0.15, 0.2) is 23.2 Å². The number of carboxylic acids is 1. The Morgan fingerprint density at radius 1 is 1.41 bits per heavy atom. The van der Waals surface area contributed by atoms with Crippen LogP contribution in [0.2, 0.25) is 0 Å². The fraction of sp³-hybridized carbons (Fsp3) is 0.400. The Kier molecular flexibility index (Phi) is 7.55. The number of carboxylic acid groups (broad SMARTS) is 1. The maximum absolute atomic E-state index is 15.6. The Morgan fingerprint density at radius 3 is 2.76 bits per heavy atom. The minimum absolute atomic E-state index is 0.0772. The van der Waals surface area contributed by atoms with Gasteiger partial charge in [0.1, 0.15) is 24.0 Å². The number of aliphatic hydroxyl groups excluding tert-OH is 1. The fourth-order valence-electron chi connectivity index (χ4n) is 3.56. The van der Waals surface area contributed by atoms with Crippen molar-refractivity contribution >= 4 is 48.2 Å². The molecule has 0 bridgehead atoms. The van der Waals surface area contributed by atoms with Crippen LogP contribution in [0.5, 0.6) is 5.75 Å². The van der Waals surface area contributed by atoms with Gasteiger partial charge in [-0.15, -0.1) is 0 Å². The molecule has 6 N–H and O–H groups in total. The Bertz CT molecular complexity index is 1330. The second kappa shape index (κ2) is 10.4. The van der Waals surface area contributed by atoms with Gasteiger partial charge in [-0.2, -0.15) is 15.1 Å². The van der Waals surface area contributed by atoms with E-state index in [1.807, 2.05) is 0 Å². The van der Waals surface area contributed by atoms with Crippen molar-refractivity contribution in [2.45, 2.75) is 36.5 Å². The van der Waals surface area contributed by atoms with Gasteiger partial charge in [0.05, 0.1) is 12.9 Å². The van der Waals surface area contributed by atoms with Crippen LogP contribution in [0.1, 0.15) is 13.2 Å². The second-order valence-corrected chi connectivity index (χ2v) is 10.3. The molecule has 37 heavy (non-hydrogen) atoms. The third-order valence-electron chi connectivity index (χ3n) is 5.41. The average molecular weight is 560 g/mol. The number of imidazole rings is 1. The Labute approximate surface area is 214 Å². The van der Waals surface area contributed by atoms with Crippen molar-refractivity contribution in [3.63, 3.8) is 0 Å². The molecule has 3 heterocycles. The summed E-state index contributed by atoms with van der Waals surface area (Å²) in [6.07, 6.45) is -3.89. The van der Waals surface area contributed by atoms with Crippen LogP contribution in [0.4, 0.5) is 16.2 Å². The summed E-state index contributed by atoms with van der Waals surface area (Å²) < 4.78 is 46.5.